The van der Waals surface area contributed by atoms with E-state index in [9.17, 15) is 9.59 Å². The number of carbonyl (C=O) groups is 2. The third-order valence-electron chi connectivity index (χ3n) is 5.63. The lowest BCUT2D eigenvalue weighted by Gasteiger charge is -2.28. The Kier molecular flexibility index (Phi) is 7.64. The lowest BCUT2D eigenvalue weighted by molar-refractivity contribution is 0.0608. The summed E-state index contributed by atoms with van der Waals surface area (Å²) in [5.41, 5.74) is 2.21. The first-order valence-electron chi connectivity index (χ1n) is 11.0. The second kappa shape index (κ2) is 10.4. The van der Waals surface area contributed by atoms with Crippen LogP contribution in [-0.2, 0) is 0 Å². The van der Waals surface area contributed by atoms with Crippen molar-refractivity contribution >= 4 is 28.3 Å². The largest absolute Gasteiger partial charge is 0.396 e. The lowest BCUT2D eigenvalue weighted by atomic mass is 9.92. The van der Waals surface area contributed by atoms with E-state index in [1.54, 1.807) is 0 Å². The van der Waals surface area contributed by atoms with Crippen LogP contribution < -0.4 is 5.32 Å². The van der Waals surface area contributed by atoms with Crippen LogP contribution in [0.1, 0.15) is 79.0 Å². The quantitative estimate of drug-likeness (QED) is 0.392. The average Bonchev–Trinajstić information content (AvgIpc) is 2.74. The molecule has 156 valence electrons. The zero-order chi connectivity index (χ0) is 20.6. The summed E-state index contributed by atoms with van der Waals surface area (Å²) in [6.45, 7) is 3.71. The summed E-state index contributed by atoms with van der Waals surface area (Å²) < 4.78 is 0. The van der Waals surface area contributed by atoms with Crippen molar-refractivity contribution in [3.8, 4) is 0 Å². The van der Waals surface area contributed by atoms with E-state index in [2.05, 4.69) is 12.2 Å². The third-order valence-corrected chi connectivity index (χ3v) is 5.63. The highest BCUT2D eigenvalue weighted by Crippen LogP contribution is 2.34. The number of nitrogens with one attached hydrogen (secondary N) is 1. The van der Waals surface area contributed by atoms with Gasteiger partial charge in [0.15, 0.2) is 0 Å². The van der Waals surface area contributed by atoms with E-state index < -0.39 is 0 Å². The van der Waals surface area contributed by atoms with Gasteiger partial charge in [0, 0.05) is 47.3 Å². The Morgan fingerprint density at radius 1 is 0.862 bits per heavy atom. The molecule has 0 atom stereocenters. The SMILES string of the molecule is CCCCCCN1C(=O)c2cccc3c(NCCCCCCO)ccc(c23)C1=O. The minimum atomic E-state index is -0.175. The molecule has 0 spiro atoms. The Bertz CT molecular complexity index is 840. The van der Waals surface area contributed by atoms with Crippen molar-refractivity contribution in [3.63, 3.8) is 0 Å². The molecule has 2 amide bonds. The van der Waals surface area contributed by atoms with E-state index in [4.69, 9.17) is 5.11 Å². The predicted molar refractivity (Wildman–Crippen MR) is 118 cm³/mol. The fourth-order valence-electron chi connectivity index (χ4n) is 4.01. The Labute approximate surface area is 173 Å². The number of hydrogen-bond donors (Lipinski definition) is 2. The van der Waals surface area contributed by atoms with Gasteiger partial charge in [-0.1, -0.05) is 51.2 Å². The zero-order valence-electron chi connectivity index (χ0n) is 17.4. The topological polar surface area (TPSA) is 69.6 Å². The van der Waals surface area contributed by atoms with Crippen LogP contribution >= 0.6 is 0 Å². The summed E-state index contributed by atoms with van der Waals surface area (Å²) in [5.74, 6) is -0.350. The van der Waals surface area contributed by atoms with Gasteiger partial charge in [-0.3, -0.25) is 14.5 Å². The number of aliphatic hydroxyl groups is 1. The molecule has 2 N–H and O–H groups in total. The van der Waals surface area contributed by atoms with E-state index in [0.717, 1.165) is 74.4 Å². The number of amides is 2. The molecule has 0 saturated carbocycles. The first-order valence-corrected chi connectivity index (χ1v) is 11.0. The Balaban J connectivity index is 1.77. The molecule has 1 heterocycles. The summed E-state index contributed by atoms with van der Waals surface area (Å²) >= 11 is 0. The number of rotatable bonds is 12. The summed E-state index contributed by atoms with van der Waals surface area (Å²) in [4.78, 5) is 27.4. The summed E-state index contributed by atoms with van der Waals surface area (Å²) in [5, 5.41) is 14.0. The van der Waals surface area contributed by atoms with Gasteiger partial charge in [-0.15, -0.1) is 0 Å². The molecule has 0 radical (unpaired) electrons. The molecule has 0 fully saturated rings. The van der Waals surface area contributed by atoms with Crippen LogP contribution in [0.15, 0.2) is 30.3 Å². The molecule has 1 aliphatic rings. The lowest BCUT2D eigenvalue weighted by Crippen LogP contribution is -2.40. The number of imide groups is 1. The Morgan fingerprint density at radius 3 is 2.34 bits per heavy atom. The molecule has 0 aromatic heterocycles. The van der Waals surface area contributed by atoms with Gasteiger partial charge in [-0.2, -0.15) is 0 Å². The van der Waals surface area contributed by atoms with Gasteiger partial charge in [0.25, 0.3) is 11.8 Å². The minimum Gasteiger partial charge on any atom is -0.396 e. The fourth-order valence-corrected chi connectivity index (χ4v) is 4.01. The van der Waals surface area contributed by atoms with Gasteiger partial charge in [0.1, 0.15) is 0 Å². The number of anilines is 1. The molecule has 0 unspecified atom stereocenters. The van der Waals surface area contributed by atoms with Crippen molar-refractivity contribution < 1.29 is 14.7 Å². The van der Waals surface area contributed by atoms with Crippen LogP contribution in [0, 0.1) is 0 Å². The van der Waals surface area contributed by atoms with Crippen LogP contribution in [0.25, 0.3) is 10.8 Å². The number of benzene rings is 2. The van der Waals surface area contributed by atoms with Crippen molar-refractivity contribution in [2.24, 2.45) is 0 Å². The minimum absolute atomic E-state index is 0.175. The van der Waals surface area contributed by atoms with Crippen molar-refractivity contribution in [3.05, 3.63) is 41.5 Å². The van der Waals surface area contributed by atoms with Crippen molar-refractivity contribution in [1.29, 1.82) is 0 Å². The molecule has 5 nitrogen and oxygen atoms in total. The van der Waals surface area contributed by atoms with E-state index in [1.807, 2.05) is 30.3 Å². The second-order valence-corrected chi connectivity index (χ2v) is 7.78. The molecule has 5 heteroatoms. The molecule has 3 rings (SSSR count). The maximum atomic E-state index is 13.0. The molecule has 2 aromatic carbocycles. The van der Waals surface area contributed by atoms with Crippen molar-refractivity contribution in [2.45, 2.75) is 58.3 Å². The highest BCUT2D eigenvalue weighted by Gasteiger charge is 2.32. The molecular formula is C24H32N2O3. The van der Waals surface area contributed by atoms with Gasteiger partial charge in [0.05, 0.1) is 0 Å². The Morgan fingerprint density at radius 2 is 1.59 bits per heavy atom. The van der Waals surface area contributed by atoms with Gasteiger partial charge in [0.2, 0.25) is 0 Å². The first kappa shape index (κ1) is 21.3. The zero-order valence-corrected chi connectivity index (χ0v) is 17.4. The summed E-state index contributed by atoms with van der Waals surface area (Å²) in [6, 6.07) is 9.52. The summed E-state index contributed by atoms with van der Waals surface area (Å²) in [7, 11) is 0. The first-order chi connectivity index (χ1) is 14.2. The standard InChI is InChI=1S/C24H32N2O3/c1-2-3-4-8-16-26-23(28)19-12-10-11-18-21(25-15-7-5-6-9-17-27)14-13-20(22(18)19)24(26)29/h10-14,25,27H,2-9,15-17H2,1H3. The van der Waals surface area contributed by atoms with Gasteiger partial charge in [-0.05, 0) is 37.5 Å². The normalized spacial score (nSPS) is 13.4. The predicted octanol–water partition coefficient (Wildman–Crippen LogP) is 4.98. The maximum Gasteiger partial charge on any atom is 0.261 e. The molecular weight excluding hydrogens is 364 g/mol. The number of carbonyl (C=O) groups excluding carboxylic acids is 2. The van der Waals surface area contributed by atoms with E-state index in [-0.39, 0.29) is 18.4 Å². The molecule has 1 aliphatic heterocycles. The highest BCUT2D eigenvalue weighted by molar-refractivity contribution is 6.26. The average molecular weight is 397 g/mol. The smallest absolute Gasteiger partial charge is 0.261 e. The van der Waals surface area contributed by atoms with Crippen LogP contribution in [0.2, 0.25) is 0 Å². The van der Waals surface area contributed by atoms with Gasteiger partial charge < -0.3 is 10.4 Å². The molecule has 0 aliphatic carbocycles. The Hall–Kier alpha value is -2.40. The van der Waals surface area contributed by atoms with Crippen LogP contribution in [0.4, 0.5) is 5.69 Å². The number of unbranched alkanes of at least 4 members (excludes halogenated alkanes) is 6. The van der Waals surface area contributed by atoms with E-state index in [0.29, 0.717) is 17.7 Å². The fraction of sp³-hybridized carbons (Fsp3) is 0.500. The monoisotopic (exact) mass is 396 g/mol. The van der Waals surface area contributed by atoms with Crippen LogP contribution in [-0.4, -0.2) is 41.5 Å². The van der Waals surface area contributed by atoms with Gasteiger partial charge in [-0.25, -0.2) is 0 Å². The molecule has 0 saturated heterocycles. The number of aliphatic hydroxyl groups excluding tert-OH is 1. The van der Waals surface area contributed by atoms with Gasteiger partial charge >= 0.3 is 0 Å². The van der Waals surface area contributed by atoms with Crippen molar-refractivity contribution in [2.75, 3.05) is 25.0 Å². The third kappa shape index (κ3) is 4.78. The molecule has 2 aromatic rings. The van der Waals surface area contributed by atoms with Crippen LogP contribution in [0.5, 0.6) is 0 Å². The maximum absolute atomic E-state index is 13.0. The second-order valence-electron chi connectivity index (χ2n) is 7.78. The summed E-state index contributed by atoms with van der Waals surface area (Å²) in [6.07, 6.45) is 8.10. The van der Waals surface area contributed by atoms with E-state index >= 15 is 0 Å². The molecule has 29 heavy (non-hydrogen) atoms. The number of nitrogens with zero attached hydrogens (tertiary/aromatic N) is 1. The number of hydrogen-bond acceptors (Lipinski definition) is 4. The van der Waals surface area contributed by atoms with Crippen molar-refractivity contribution in [1.82, 2.24) is 4.90 Å². The van der Waals surface area contributed by atoms with E-state index in [1.165, 1.54) is 4.90 Å². The highest BCUT2D eigenvalue weighted by atomic mass is 16.3. The molecule has 0 bridgehead atoms. The van der Waals surface area contributed by atoms with Crippen LogP contribution in [0.3, 0.4) is 0 Å².